The Hall–Kier alpha value is -2.29. The Morgan fingerprint density at radius 2 is 1.80 bits per heavy atom. The van der Waals surface area contributed by atoms with Crippen LogP contribution in [0.5, 0.6) is 0 Å². The quantitative estimate of drug-likeness (QED) is 0.884. The summed E-state index contributed by atoms with van der Waals surface area (Å²) in [6.07, 6.45) is 0. The molecule has 0 aromatic heterocycles. The zero-order valence-electron chi connectivity index (χ0n) is 12.0. The summed E-state index contributed by atoms with van der Waals surface area (Å²) in [7, 11) is 0. The molecule has 0 atom stereocenters. The molecule has 0 aliphatic heterocycles. The van der Waals surface area contributed by atoms with E-state index in [4.69, 9.17) is 5.11 Å². The first-order valence-corrected chi connectivity index (χ1v) is 6.61. The second-order valence-corrected chi connectivity index (χ2v) is 5.12. The molecule has 0 saturated heterocycles. The number of carboxylic acids is 1. The van der Waals surface area contributed by atoms with E-state index in [9.17, 15) is 4.79 Å². The number of nitrogens with one attached hydrogen (secondary N) is 1. The van der Waals surface area contributed by atoms with Crippen LogP contribution in [-0.2, 0) is 6.54 Å². The number of hydrogen-bond donors (Lipinski definition) is 2. The fraction of sp³-hybridized carbons (Fsp3) is 0.235. The van der Waals surface area contributed by atoms with Crippen molar-refractivity contribution in [2.24, 2.45) is 0 Å². The predicted molar refractivity (Wildman–Crippen MR) is 81.4 cm³/mol. The highest BCUT2D eigenvalue weighted by Crippen LogP contribution is 2.19. The molecule has 104 valence electrons. The van der Waals surface area contributed by atoms with Gasteiger partial charge in [0.25, 0.3) is 0 Å². The Morgan fingerprint density at radius 3 is 2.45 bits per heavy atom. The summed E-state index contributed by atoms with van der Waals surface area (Å²) in [5.41, 5.74) is 5.98. The molecule has 2 N–H and O–H groups in total. The van der Waals surface area contributed by atoms with E-state index in [1.807, 2.05) is 13.0 Å². The van der Waals surface area contributed by atoms with Gasteiger partial charge in [-0.25, -0.2) is 4.79 Å². The Labute approximate surface area is 119 Å². The molecule has 3 heteroatoms. The van der Waals surface area contributed by atoms with E-state index >= 15 is 0 Å². The van der Waals surface area contributed by atoms with Gasteiger partial charge in [0, 0.05) is 12.2 Å². The first-order chi connectivity index (χ1) is 9.47. The highest BCUT2D eigenvalue weighted by Gasteiger charge is 2.06. The van der Waals surface area contributed by atoms with Gasteiger partial charge in [-0.05, 0) is 55.7 Å². The lowest BCUT2D eigenvalue weighted by atomic mass is 10.0. The van der Waals surface area contributed by atoms with E-state index in [1.165, 1.54) is 16.7 Å². The number of carbonyl (C=O) groups is 1. The lowest BCUT2D eigenvalue weighted by Gasteiger charge is -2.12. The molecular formula is C17H19NO2. The minimum Gasteiger partial charge on any atom is -0.478 e. The van der Waals surface area contributed by atoms with Crippen molar-refractivity contribution in [2.45, 2.75) is 27.3 Å². The summed E-state index contributed by atoms with van der Waals surface area (Å²) in [5, 5.41) is 12.3. The largest absolute Gasteiger partial charge is 0.478 e. The number of carboxylic acid groups (broad SMARTS) is 1. The van der Waals surface area contributed by atoms with Crippen LogP contribution < -0.4 is 5.32 Å². The van der Waals surface area contributed by atoms with E-state index in [0.29, 0.717) is 5.56 Å². The number of aromatic carboxylic acids is 1. The maximum Gasteiger partial charge on any atom is 0.335 e. The molecule has 2 aromatic rings. The molecule has 0 fully saturated rings. The monoisotopic (exact) mass is 269 g/mol. The van der Waals surface area contributed by atoms with Crippen LogP contribution >= 0.6 is 0 Å². The van der Waals surface area contributed by atoms with Gasteiger partial charge in [-0.1, -0.05) is 23.8 Å². The molecule has 0 aliphatic rings. The molecule has 0 heterocycles. The van der Waals surface area contributed by atoms with E-state index < -0.39 is 5.97 Å². The average Bonchev–Trinajstić information content (AvgIpc) is 2.40. The van der Waals surface area contributed by atoms with Crippen LogP contribution in [-0.4, -0.2) is 11.1 Å². The van der Waals surface area contributed by atoms with Crippen LogP contribution in [0.25, 0.3) is 0 Å². The third-order valence-electron chi connectivity index (χ3n) is 3.45. The normalized spacial score (nSPS) is 10.3. The van der Waals surface area contributed by atoms with Crippen LogP contribution in [0.1, 0.15) is 32.6 Å². The van der Waals surface area contributed by atoms with Gasteiger partial charge in [0.2, 0.25) is 0 Å². The molecule has 0 amide bonds. The van der Waals surface area contributed by atoms with Crippen molar-refractivity contribution in [3.05, 3.63) is 64.2 Å². The van der Waals surface area contributed by atoms with Crippen molar-refractivity contribution in [3.8, 4) is 0 Å². The Balaban J connectivity index is 2.15. The van der Waals surface area contributed by atoms with E-state index in [-0.39, 0.29) is 0 Å². The summed E-state index contributed by atoms with van der Waals surface area (Å²) in [6, 6.07) is 11.5. The minimum absolute atomic E-state index is 0.319. The fourth-order valence-electron chi connectivity index (χ4n) is 2.18. The van der Waals surface area contributed by atoms with Crippen molar-refractivity contribution in [3.63, 3.8) is 0 Å². The fourth-order valence-corrected chi connectivity index (χ4v) is 2.18. The van der Waals surface area contributed by atoms with Crippen molar-refractivity contribution >= 4 is 11.7 Å². The molecule has 0 unspecified atom stereocenters. The van der Waals surface area contributed by atoms with Gasteiger partial charge in [0.1, 0.15) is 0 Å². The summed E-state index contributed by atoms with van der Waals surface area (Å²) in [4.78, 5) is 10.9. The molecule has 0 spiro atoms. The molecule has 0 radical (unpaired) electrons. The zero-order chi connectivity index (χ0) is 14.7. The standard InChI is InChI=1S/C17H19NO2/c1-11-4-5-12(2)15(8-11)10-18-16-7-6-14(17(19)20)9-13(16)3/h4-9,18H,10H2,1-3H3,(H,19,20). The lowest BCUT2D eigenvalue weighted by Crippen LogP contribution is -2.04. The third-order valence-corrected chi connectivity index (χ3v) is 3.45. The molecule has 20 heavy (non-hydrogen) atoms. The van der Waals surface area contributed by atoms with Crippen molar-refractivity contribution < 1.29 is 9.90 Å². The van der Waals surface area contributed by atoms with Crippen molar-refractivity contribution in [2.75, 3.05) is 5.32 Å². The van der Waals surface area contributed by atoms with Crippen LogP contribution in [0.15, 0.2) is 36.4 Å². The van der Waals surface area contributed by atoms with Gasteiger partial charge in [-0.3, -0.25) is 0 Å². The maximum atomic E-state index is 10.9. The van der Waals surface area contributed by atoms with E-state index in [1.54, 1.807) is 12.1 Å². The summed E-state index contributed by atoms with van der Waals surface area (Å²) >= 11 is 0. The van der Waals surface area contributed by atoms with Gasteiger partial charge in [-0.15, -0.1) is 0 Å². The van der Waals surface area contributed by atoms with Gasteiger partial charge in [-0.2, -0.15) is 0 Å². The average molecular weight is 269 g/mol. The molecule has 3 nitrogen and oxygen atoms in total. The number of aryl methyl sites for hydroxylation is 3. The van der Waals surface area contributed by atoms with Gasteiger partial charge < -0.3 is 10.4 Å². The predicted octanol–water partition coefficient (Wildman–Crippen LogP) is 3.92. The first-order valence-electron chi connectivity index (χ1n) is 6.61. The molecule has 0 saturated carbocycles. The smallest absolute Gasteiger partial charge is 0.335 e. The number of anilines is 1. The SMILES string of the molecule is Cc1ccc(C)c(CNc2ccc(C(=O)O)cc2C)c1. The molecule has 2 aromatic carbocycles. The summed E-state index contributed by atoms with van der Waals surface area (Å²) in [6.45, 7) is 6.82. The minimum atomic E-state index is -0.894. The zero-order valence-corrected chi connectivity index (χ0v) is 12.0. The van der Waals surface area contributed by atoms with Crippen LogP contribution in [0.4, 0.5) is 5.69 Å². The van der Waals surface area contributed by atoms with Crippen LogP contribution in [0.3, 0.4) is 0 Å². The topological polar surface area (TPSA) is 49.3 Å². The molecular weight excluding hydrogens is 250 g/mol. The van der Waals surface area contributed by atoms with E-state index in [2.05, 4.69) is 37.4 Å². The van der Waals surface area contributed by atoms with E-state index in [0.717, 1.165) is 17.8 Å². The molecule has 0 aliphatic carbocycles. The summed E-state index contributed by atoms with van der Waals surface area (Å²) in [5.74, 6) is -0.894. The van der Waals surface area contributed by atoms with Crippen LogP contribution in [0.2, 0.25) is 0 Å². The van der Waals surface area contributed by atoms with Crippen molar-refractivity contribution in [1.29, 1.82) is 0 Å². The first kappa shape index (κ1) is 14.1. The second kappa shape index (κ2) is 5.78. The summed E-state index contributed by atoms with van der Waals surface area (Å²) < 4.78 is 0. The van der Waals surface area contributed by atoms with Crippen LogP contribution in [0, 0.1) is 20.8 Å². The maximum absolute atomic E-state index is 10.9. The number of hydrogen-bond acceptors (Lipinski definition) is 2. The highest BCUT2D eigenvalue weighted by molar-refractivity contribution is 5.88. The molecule has 2 rings (SSSR count). The Bertz CT molecular complexity index is 647. The Kier molecular flexibility index (Phi) is 4.08. The second-order valence-electron chi connectivity index (χ2n) is 5.12. The highest BCUT2D eigenvalue weighted by atomic mass is 16.4. The van der Waals surface area contributed by atoms with Gasteiger partial charge in [0.15, 0.2) is 0 Å². The van der Waals surface area contributed by atoms with Gasteiger partial charge in [0.05, 0.1) is 5.56 Å². The number of rotatable bonds is 4. The lowest BCUT2D eigenvalue weighted by molar-refractivity contribution is 0.0697. The third kappa shape index (κ3) is 3.18. The van der Waals surface area contributed by atoms with Crippen molar-refractivity contribution in [1.82, 2.24) is 0 Å². The number of benzene rings is 2. The Morgan fingerprint density at radius 1 is 1.05 bits per heavy atom. The molecule has 0 bridgehead atoms. The van der Waals surface area contributed by atoms with Gasteiger partial charge >= 0.3 is 5.97 Å².